The average molecular weight is 408 g/mol. The second-order valence-electron chi connectivity index (χ2n) is 6.57. The number of likely N-dealkylation sites (N-methyl/N-ethyl adjacent to an activating group) is 1. The number of likely N-dealkylation sites (tertiary alicyclic amines) is 1. The largest absolute Gasteiger partial charge is 0.341 e. The zero-order valence-electron chi connectivity index (χ0n) is 14.3. The molecule has 6 nitrogen and oxygen atoms in total. The topological polar surface area (TPSA) is 60.9 Å². The van der Waals surface area contributed by atoms with Gasteiger partial charge in [0.2, 0.25) is 5.91 Å². The highest BCUT2D eigenvalue weighted by Crippen LogP contribution is 2.26. The molecule has 2 aliphatic heterocycles. The van der Waals surface area contributed by atoms with Crippen LogP contribution in [0.2, 0.25) is 0 Å². The van der Waals surface area contributed by atoms with Crippen molar-refractivity contribution >= 4 is 33.7 Å². The van der Waals surface area contributed by atoms with Crippen molar-refractivity contribution in [3.05, 3.63) is 33.8 Å². The molecule has 134 valence electrons. The Morgan fingerprint density at radius 1 is 1.24 bits per heavy atom. The summed E-state index contributed by atoms with van der Waals surface area (Å²) in [5.74, 6) is -0.851. The Kier molecular flexibility index (Phi) is 5.42. The Hall–Kier alpha value is -1.89. The van der Waals surface area contributed by atoms with Gasteiger partial charge in [0.05, 0.1) is 0 Å². The van der Waals surface area contributed by atoms with Crippen LogP contribution in [0, 0.1) is 0 Å². The molecular weight excluding hydrogens is 386 g/mol. The first-order valence-electron chi connectivity index (χ1n) is 8.56. The summed E-state index contributed by atoms with van der Waals surface area (Å²) in [5.41, 5.74) is 2.28. The number of hydrogen-bond acceptors (Lipinski definition) is 3. The molecule has 0 atom stereocenters. The van der Waals surface area contributed by atoms with Gasteiger partial charge in [0.25, 0.3) is 0 Å². The SMILES string of the molecule is CN(CCN1CCCC1=O)C(=O)C(=O)N1CCc2c(Br)cccc2C1. The molecule has 2 aliphatic rings. The molecule has 0 aliphatic carbocycles. The summed E-state index contributed by atoms with van der Waals surface area (Å²) in [6.45, 7) is 2.61. The van der Waals surface area contributed by atoms with E-state index < -0.39 is 11.8 Å². The smallest absolute Gasteiger partial charge is 0.312 e. The Morgan fingerprint density at radius 2 is 2.04 bits per heavy atom. The highest BCUT2D eigenvalue weighted by atomic mass is 79.9. The molecule has 0 saturated carbocycles. The van der Waals surface area contributed by atoms with Crippen molar-refractivity contribution in [3.8, 4) is 0 Å². The van der Waals surface area contributed by atoms with E-state index in [1.54, 1.807) is 16.8 Å². The maximum absolute atomic E-state index is 12.5. The first-order valence-corrected chi connectivity index (χ1v) is 9.35. The number of fused-ring (bicyclic) bond motifs is 1. The Balaban J connectivity index is 1.57. The number of nitrogens with zero attached hydrogens (tertiary/aromatic N) is 3. The molecule has 1 saturated heterocycles. The number of amides is 3. The molecule has 1 fully saturated rings. The Morgan fingerprint density at radius 3 is 2.76 bits per heavy atom. The summed E-state index contributed by atoms with van der Waals surface area (Å²) in [5, 5.41) is 0. The number of rotatable bonds is 3. The summed E-state index contributed by atoms with van der Waals surface area (Å²) < 4.78 is 1.05. The van der Waals surface area contributed by atoms with E-state index in [2.05, 4.69) is 15.9 Å². The van der Waals surface area contributed by atoms with Crippen LogP contribution >= 0.6 is 15.9 Å². The summed E-state index contributed by atoms with van der Waals surface area (Å²) >= 11 is 3.54. The molecule has 0 N–H and O–H groups in total. The van der Waals surface area contributed by atoms with Crippen LogP contribution in [0.25, 0.3) is 0 Å². The number of carbonyl (C=O) groups is 3. The minimum absolute atomic E-state index is 0.130. The molecule has 0 aromatic heterocycles. The van der Waals surface area contributed by atoms with Crippen LogP contribution in [0.4, 0.5) is 0 Å². The maximum Gasteiger partial charge on any atom is 0.312 e. The molecule has 25 heavy (non-hydrogen) atoms. The van der Waals surface area contributed by atoms with E-state index in [1.807, 2.05) is 18.2 Å². The summed E-state index contributed by atoms with van der Waals surface area (Å²) in [6, 6.07) is 5.93. The van der Waals surface area contributed by atoms with Gasteiger partial charge in [-0.2, -0.15) is 0 Å². The third-order valence-corrected chi connectivity index (χ3v) is 5.65. The normalized spacial score (nSPS) is 16.8. The average Bonchev–Trinajstić information content (AvgIpc) is 3.03. The maximum atomic E-state index is 12.5. The lowest BCUT2D eigenvalue weighted by Crippen LogP contribution is -2.47. The molecule has 0 spiro atoms. The fraction of sp³-hybridized carbons (Fsp3) is 0.500. The van der Waals surface area contributed by atoms with Gasteiger partial charge in [0, 0.05) is 50.7 Å². The molecular formula is C18H22BrN3O3. The predicted octanol–water partition coefficient (Wildman–Crippen LogP) is 1.41. The van der Waals surface area contributed by atoms with Crippen molar-refractivity contribution in [2.75, 3.05) is 33.2 Å². The highest BCUT2D eigenvalue weighted by molar-refractivity contribution is 9.10. The van der Waals surface area contributed by atoms with E-state index >= 15 is 0 Å². The zero-order chi connectivity index (χ0) is 18.0. The molecule has 3 rings (SSSR count). The summed E-state index contributed by atoms with van der Waals surface area (Å²) in [6.07, 6.45) is 2.19. The highest BCUT2D eigenvalue weighted by Gasteiger charge is 2.29. The van der Waals surface area contributed by atoms with Crippen LogP contribution in [0.3, 0.4) is 0 Å². The Bertz CT molecular complexity index is 707. The number of hydrogen-bond donors (Lipinski definition) is 0. The van der Waals surface area contributed by atoms with Crippen LogP contribution < -0.4 is 0 Å². The van der Waals surface area contributed by atoms with Crippen molar-refractivity contribution in [1.29, 1.82) is 0 Å². The van der Waals surface area contributed by atoms with Crippen LogP contribution in [0.5, 0.6) is 0 Å². The zero-order valence-corrected chi connectivity index (χ0v) is 15.9. The first-order chi connectivity index (χ1) is 12.0. The van der Waals surface area contributed by atoms with E-state index in [0.29, 0.717) is 32.6 Å². The van der Waals surface area contributed by atoms with Gasteiger partial charge in [-0.3, -0.25) is 14.4 Å². The van der Waals surface area contributed by atoms with Gasteiger partial charge in [-0.05, 0) is 30.0 Å². The van der Waals surface area contributed by atoms with E-state index in [1.165, 1.54) is 10.5 Å². The van der Waals surface area contributed by atoms with E-state index in [4.69, 9.17) is 0 Å². The minimum atomic E-state index is -0.509. The van der Waals surface area contributed by atoms with Crippen LogP contribution in [-0.2, 0) is 27.3 Å². The molecule has 2 heterocycles. The molecule has 0 bridgehead atoms. The lowest BCUT2D eigenvalue weighted by atomic mass is 10.00. The minimum Gasteiger partial charge on any atom is -0.341 e. The van der Waals surface area contributed by atoms with Crippen molar-refractivity contribution in [2.45, 2.75) is 25.8 Å². The first kappa shape index (κ1) is 17.9. The van der Waals surface area contributed by atoms with Crippen LogP contribution in [-0.4, -0.2) is 65.6 Å². The van der Waals surface area contributed by atoms with E-state index in [-0.39, 0.29) is 5.91 Å². The summed E-state index contributed by atoms with van der Waals surface area (Å²) in [4.78, 5) is 41.4. The van der Waals surface area contributed by atoms with Gasteiger partial charge < -0.3 is 14.7 Å². The van der Waals surface area contributed by atoms with Gasteiger partial charge >= 0.3 is 11.8 Å². The second kappa shape index (κ2) is 7.56. The van der Waals surface area contributed by atoms with Crippen molar-refractivity contribution in [3.63, 3.8) is 0 Å². The summed E-state index contributed by atoms with van der Waals surface area (Å²) in [7, 11) is 1.62. The van der Waals surface area contributed by atoms with Crippen molar-refractivity contribution < 1.29 is 14.4 Å². The Labute approximate surface area is 155 Å². The predicted molar refractivity (Wildman–Crippen MR) is 96.7 cm³/mol. The molecule has 3 amide bonds. The molecule has 7 heteroatoms. The van der Waals surface area contributed by atoms with Crippen LogP contribution in [0.1, 0.15) is 24.0 Å². The van der Waals surface area contributed by atoms with Gasteiger partial charge in [-0.25, -0.2) is 0 Å². The fourth-order valence-electron chi connectivity index (χ4n) is 3.35. The van der Waals surface area contributed by atoms with Crippen LogP contribution in [0.15, 0.2) is 22.7 Å². The van der Waals surface area contributed by atoms with E-state index in [9.17, 15) is 14.4 Å². The van der Waals surface area contributed by atoms with Gasteiger partial charge in [0.15, 0.2) is 0 Å². The molecule has 0 radical (unpaired) electrons. The number of carbonyl (C=O) groups excluding carboxylic acids is 3. The fourth-order valence-corrected chi connectivity index (χ4v) is 3.95. The second-order valence-corrected chi connectivity index (χ2v) is 7.42. The molecule has 0 unspecified atom stereocenters. The standard InChI is InChI=1S/C18H22BrN3O3/c1-20(10-11-21-8-3-6-16(21)23)17(24)18(25)22-9-7-14-13(12-22)4-2-5-15(14)19/h2,4-5H,3,6-12H2,1H3. The lowest BCUT2D eigenvalue weighted by Gasteiger charge is -2.30. The van der Waals surface area contributed by atoms with Gasteiger partial charge in [-0.15, -0.1) is 0 Å². The number of halogens is 1. The van der Waals surface area contributed by atoms with E-state index in [0.717, 1.165) is 29.4 Å². The van der Waals surface area contributed by atoms with Crippen molar-refractivity contribution in [1.82, 2.24) is 14.7 Å². The molecule has 1 aromatic carbocycles. The molecule has 1 aromatic rings. The number of benzene rings is 1. The quantitative estimate of drug-likeness (QED) is 0.711. The van der Waals surface area contributed by atoms with Crippen molar-refractivity contribution in [2.24, 2.45) is 0 Å². The monoisotopic (exact) mass is 407 g/mol. The van der Waals surface area contributed by atoms with Gasteiger partial charge in [-0.1, -0.05) is 28.1 Å². The van der Waals surface area contributed by atoms with Gasteiger partial charge in [0.1, 0.15) is 0 Å². The lowest BCUT2D eigenvalue weighted by molar-refractivity contribution is -0.151. The third kappa shape index (κ3) is 3.86. The third-order valence-electron chi connectivity index (χ3n) is 4.90.